The van der Waals surface area contributed by atoms with Crippen LogP contribution in [0, 0.1) is 34.7 Å². The summed E-state index contributed by atoms with van der Waals surface area (Å²) in [7, 11) is 1.07. The van der Waals surface area contributed by atoms with Crippen molar-refractivity contribution in [3.63, 3.8) is 0 Å². The lowest BCUT2D eigenvalue weighted by Crippen LogP contribution is -2.14. The van der Waals surface area contributed by atoms with Gasteiger partial charge in [-0.3, -0.25) is 4.79 Å². The molecule has 0 saturated heterocycles. The van der Waals surface area contributed by atoms with Gasteiger partial charge in [0.1, 0.15) is 6.61 Å². The molecular weight excluding hydrogens is 345 g/mol. The molecule has 0 unspecified atom stereocenters. The third kappa shape index (κ3) is 3.46. The van der Waals surface area contributed by atoms with Crippen LogP contribution in [0.25, 0.3) is 0 Å². The van der Waals surface area contributed by atoms with E-state index >= 15 is 0 Å². The predicted octanol–water partition coefficient (Wildman–Crippen LogP) is 4.96. The van der Waals surface area contributed by atoms with Crippen LogP contribution in [0.4, 0.5) is 13.2 Å². The molecular formula is C20H25F3O3. The molecule has 0 aromatic heterocycles. The molecule has 1 aliphatic carbocycles. The highest BCUT2D eigenvalue weighted by atomic mass is 19.2. The molecule has 1 aromatic carbocycles. The van der Waals surface area contributed by atoms with Crippen molar-refractivity contribution in [1.29, 1.82) is 0 Å². The number of rotatable bonds is 6. The van der Waals surface area contributed by atoms with E-state index in [9.17, 15) is 18.0 Å². The van der Waals surface area contributed by atoms with Crippen LogP contribution in [-0.2, 0) is 22.6 Å². The molecule has 0 N–H and O–H groups in total. The van der Waals surface area contributed by atoms with Crippen LogP contribution in [0.15, 0.2) is 11.6 Å². The van der Waals surface area contributed by atoms with Crippen LogP contribution < -0.4 is 4.74 Å². The summed E-state index contributed by atoms with van der Waals surface area (Å²) in [5, 5.41) is 0. The highest BCUT2D eigenvalue weighted by Crippen LogP contribution is 2.59. The molecule has 2 atom stereocenters. The van der Waals surface area contributed by atoms with Crippen molar-refractivity contribution in [2.45, 2.75) is 47.6 Å². The van der Waals surface area contributed by atoms with E-state index in [0.29, 0.717) is 0 Å². The van der Waals surface area contributed by atoms with Crippen LogP contribution >= 0.6 is 0 Å². The third-order valence-corrected chi connectivity index (χ3v) is 5.08. The summed E-state index contributed by atoms with van der Waals surface area (Å²) in [5.74, 6) is -5.18. The van der Waals surface area contributed by atoms with Crippen LogP contribution in [0.2, 0.25) is 0 Å². The number of benzene rings is 1. The molecule has 6 heteroatoms. The van der Waals surface area contributed by atoms with Crippen LogP contribution in [0.1, 0.15) is 45.7 Å². The van der Waals surface area contributed by atoms with E-state index in [1.807, 2.05) is 33.8 Å². The number of carbonyl (C=O) groups is 1. The van der Waals surface area contributed by atoms with Gasteiger partial charge in [0.15, 0.2) is 17.4 Å². The quantitative estimate of drug-likeness (QED) is 0.403. The predicted molar refractivity (Wildman–Crippen MR) is 92.2 cm³/mol. The fourth-order valence-electron chi connectivity index (χ4n) is 3.46. The van der Waals surface area contributed by atoms with Gasteiger partial charge >= 0.3 is 5.97 Å². The second-order valence-corrected chi connectivity index (χ2v) is 7.46. The summed E-state index contributed by atoms with van der Waals surface area (Å²) in [6.45, 7) is 8.89. The fraction of sp³-hybridized carbons (Fsp3) is 0.550. The van der Waals surface area contributed by atoms with Crippen LogP contribution in [-0.4, -0.2) is 13.1 Å². The topological polar surface area (TPSA) is 35.5 Å². The minimum Gasteiger partial charge on any atom is -0.491 e. The van der Waals surface area contributed by atoms with Crippen LogP contribution in [0.3, 0.4) is 0 Å². The SMILES string of the molecule is CCc1c(F)c(OC)c(F)c(F)c1COC(=O)[C@@H]1[C@@H](C=C(C)C)C1(C)C. The van der Waals surface area contributed by atoms with Crippen molar-refractivity contribution < 1.29 is 27.4 Å². The summed E-state index contributed by atoms with van der Waals surface area (Å²) in [5.41, 5.74) is 0.506. The Balaban J connectivity index is 2.23. The van der Waals surface area contributed by atoms with E-state index in [4.69, 9.17) is 4.74 Å². The maximum absolute atomic E-state index is 14.3. The van der Waals surface area contributed by atoms with Crippen molar-refractivity contribution in [1.82, 2.24) is 0 Å². The standard InChI is InChI=1S/C20H25F3O3/c1-7-11-12(15(21)17(23)18(25-6)16(11)22)9-26-19(24)14-13(8-10(2)3)20(14,4)5/h8,13-14H,7,9H2,1-6H3/t13-,14+/m1/s1. The summed E-state index contributed by atoms with van der Waals surface area (Å²) in [6.07, 6.45) is 2.12. The summed E-state index contributed by atoms with van der Waals surface area (Å²) in [4.78, 5) is 12.4. The van der Waals surface area contributed by atoms with Crippen molar-refractivity contribution in [2.24, 2.45) is 17.3 Å². The Labute approximate surface area is 152 Å². The second kappa shape index (κ2) is 7.33. The first-order valence-corrected chi connectivity index (χ1v) is 8.61. The van der Waals surface area contributed by atoms with Crippen molar-refractivity contribution in [3.05, 3.63) is 40.2 Å². The van der Waals surface area contributed by atoms with Gasteiger partial charge in [0.2, 0.25) is 5.82 Å². The Morgan fingerprint density at radius 3 is 2.23 bits per heavy atom. The number of allylic oxidation sites excluding steroid dienone is 2. The Hall–Kier alpha value is -1.98. The van der Waals surface area contributed by atoms with Crippen LogP contribution in [0.5, 0.6) is 5.75 Å². The molecule has 1 fully saturated rings. The van der Waals surface area contributed by atoms with Gasteiger partial charge in [0, 0.05) is 11.1 Å². The zero-order valence-corrected chi connectivity index (χ0v) is 16.0. The summed E-state index contributed by atoms with van der Waals surface area (Å²) in [6, 6.07) is 0. The van der Waals surface area contributed by atoms with Gasteiger partial charge in [0.05, 0.1) is 13.0 Å². The normalized spacial score (nSPS) is 20.5. The van der Waals surface area contributed by atoms with Crippen molar-refractivity contribution >= 4 is 5.97 Å². The average molecular weight is 370 g/mol. The number of halogens is 3. The minimum atomic E-state index is -1.41. The maximum atomic E-state index is 14.3. The lowest BCUT2D eigenvalue weighted by molar-refractivity contribution is -0.147. The number of carbonyl (C=O) groups excluding carboxylic acids is 1. The van der Waals surface area contributed by atoms with E-state index in [-0.39, 0.29) is 34.8 Å². The highest BCUT2D eigenvalue weighted by Gasteiger charge is 2.61. The molecule has 26 heavy (non-hydrogen) atoms. The van der Waals surface area contributed by atoms with Gasteiger partial charge in [-0.05, 0) is 31.6 Å². The number of methoxy groups -OCH3 is 1. The average Bonchev–Trinajstić information content (AvgIpc) is 3.09. The minimum absolute atomic E-state index is 0.0415. The largest absolute Gasteiger partial charge is 0.491 e. The zero-order chi connectivity index (χ0) is 19.8. The first kappa shape index (κ1) is 20.3. The van der Waals surface area contributed by atoms with Gasteiger partial charge in [-0.2, -0.15) is 4.39 Å². The number of hydrogen-bond donors (Lipinski definition) is 0. The molecule has 0 bridgehead atoms. The lowest BCUT2D eigenvalue weighted by atomic mass is 10.0. The van der Waals surface area contributed by atoms with Gasteiger partial charge in [-0.25, -0.2) is 8.78 Å². The highest BCUT2D eigenvalue weighted by molar-refractivity contribution is 5.78. The molecule has 0 amide bonds. The third-order valence-electron chi connectivity index (χ3n) is 5.08. The summed E-state index contributed by atoms with van der Waals surface area (Å²) >= 11 is 0. The second-order valence-electron chi connectivity index (χ2n) is 7.46. The molecule has 3 nitrogen and oxygen atoms in total. The molecule has 1 aromatic rings. The number of ether oxygens (including phenoxy) is 2. The van der Waals surface area contributed by atoms with Gasteiger partial charge in [-0.1, -0.05) is 32.4 Å². The molecule has 0 radical (unpaired) electrons. The van der Waals surface area contributed by atoms with Crippen molar-refractivity contribution in [2.75, 3.05) is 7.11 Å². The number of hydrogen-bond acceptors (Lipinski definition) is 3. The van der Waals surface area contributed by atoms with E-state index < -0.39 is 35.8 Å². The molecule has 144 valence electrons. The molecule has 0 spiro atoms. The van der Waals surface area contributed by atoms with E-state index in [2.05, 4.69) is 4.74 Å². The zero-order valence-electron chi connectivity index (χ0n) is 16.0. The monoisotopic (exact) mass is 370 g/mol. The first-order chi connectivity index (χ1) is 12.1. The van der Waals surface area contributed by atoms with Gasteiger partial charge in [-0.15, -0.1) is 0 Å². The Bertz CT molecular complexity index is 749. The molecule has 1 aliphatic rings. The van der Waals surface area contributed by atoms with E-state index in [0.717, 1.165) is 12.7 Å². The first-order valence-electron chi connectivity index (χ1n) is 8.61. The maximum Gasteiger partial charge on any atom is 0.310 e. The van der Waals surface area contributed by atoms with Crippen molar-refractivity contribution in [3.8, 4) is 5.75 Å². The van der Waals surface area contributed by atoms with Gasteiger partial charge < -0.3 is 9.47 Å². The molecule has 2 rings (SSSR count). The van der Waals surface area contributed by atoms with E-state index in [1.165, 1.54) is 0 Å². The smallest absolute Gasteiger partial charge is 0.310 e. The molecule has 0 heterocycles. The van der Waals surface area contributed by atoms with Gasteiger partial charge in [0.25, 0.3) is 0 Å². The molecule has 0 aliphatic heterocycles. The number of esters is 1. The summed E-state index contributed by atoms with van der Waals surface area (Å²) < 4.78 is 52.4. The van der Waals surface area contributed by atoms with E-state index in [1.54, 1.807) is 6.92 Å². The lowest BCUT2D eigenvalue weighted by Gasteiger charge is -2.15. The molecule has 1 saturated carbocycles. The Kier molecular flexibility index (Phi) is 5.73. The Morgan fingerprint density at radius 1 is 1.12 bits per heavy atom. The Morgan fingerprint density at radius 2 is 1.73 bits per heavy atom. The fourth-order valence-corrected chi connectivity index (χ4v) is 3.46.